The van der Waals surface area contributed by atoms with Gasteiger partial charge in [0.05, 0.1) is 16.2 Å². The Bertz CT molecular complexity index is 1020. The molecule has 2 heterocycles. The number of carbonyl (C=O) groups is 2. The number of nitrogens with one attached hydrogen (secondary N) is 2. The second-order valence-corrected chi connectivity index (χ2v) is 7.15. The minimum atomic E-state index is -0.412. The molecule has 3 rings (SSSR count). The molecular weight excluding hydrogens is 376 g/mol. The van der Waals surface area contributed by atoms with Crippen molar-refractivity contribution < 1.29 is 9.59 Å². The van der Waals surface area contributed by atoms with E-state index in [1.165, 1.54) is 0 Å². The van der Waals surface area contributed by atoms with Crippen LogP contribution in [0.1, 0.15) is 52.0 Å². The number of amides is 2. The number of anilines is 1. The number of hydrogen-bond acceptors (Lipinski definition) is 3. The van der Waals surface area contributed by atoms with Crippen molar-refractivity contribution in [1.29, 1.82) is 0 Å². The smallest absolute Gasteiger partial charge is 0.287 e. The zero-order valence-electron chi connectivity index (χ0n) is 16.2. The molecule has 146 valence electrons. The van der Waals surface area contributed by atoms with E-state index < -0.39 is 5.91 Å². The second-order valence-electron chi connectivity index (χ2n) is 6.74. The molecule has 0 atom stereocenters. The van der Waals surface area contributed by atoms with Crippen molar-refractivity contribution in [3.05, 3.63) is 64.2 Å². The predicted molar refractivity (Wildman–Crippen MR) is 111 cm³/mol. The van der Waals surface area contributed by atoms with Crippen molar-refractivity contribution in [3.63, 3.8) is 0 Å². The zero-order valence-corrected chi connectivity index (χ0v) is 16.9. The molecule has 2 aromatic heterocycles. The summed E-state index contributed by atoms with van der Waals surface area (Å²) < 4.78 is 1.62. The molecule has 0 radical (unpaired) electrons. The Balaban J connectivity index is 1.95. The van der Waals surface area contributed by atoms with Gasteiger partial charge in [-0.3, -0.25) is 14.0 Å². The highest BCUT2D eigenvalue weighted by Gasteiger charge is 2.22. The summed E-state index contributed by atoms with van der Waals surface area (Å²) in [5.41, 5.74) is 3.15. The van der Waals surface area contributed by atoms with Gasteiger partial charge in [-0.1, -0.05) is 37.1 Å². The van der Waals surface area contributed by atoms with Gasteiger partial charge in [-0.2, -0.15) is 0 Å². The van der Waals surface area contributed by atoms with Crippen LogP contribution in [0, 0.1) is 13.8 Å². The van der Waals surface area contributed by atoms with Gasteiger partial charge >= 0.3 is 0 Å². The molecule has 2 amide bonds. The number of imidazole rings is 1. The molecular formula is C21H23ClN4O2. The van der Waals surface area contributed by atoms with Gasteiger partial charge in [0.15, 0.2) is 5.69 Å². The first-order chi connectivity index (χ1) is 13.4. The van der Waals surface area contributed by atoms with E-state index in [4.69, 9.17) is 11.6 Å². The van der Waals surface area contributed by atoms with Crippen LogP contribution in [0.25, 0.3) is 5.52 Å². The van der Waals surface area contributed by atoms with Crippen molar-refractivity contribution >= 4 is 34.6 Å². The van der Waals surface area contributed by atoms with Crippen LogP contribution in [0.4, 0.5) is 5.69 Å². The lowest BCUT2D eigenvalue weighted by Gasteiger charge is -2.10. The zero-order chi connectivity index (χ0) is 20.3. The van der Waals surface area contributed by atoms with Crippen LogP contribution < -0.4 is 10.6 Å². The Kier molecular flexibility index (Phi) is 5.99. The highest BCUT2D eigenvalue weighted by molar-refractivity contribution is 6.34. The van der Waals surface area contributed by atoms with Gasteiger partial charge in [-0.15, -0.1) is 0 Å². The maximum atomic E-state index is 12.9. The topological polar surface area (TPSA) is 75.5 Å². The Labute approximate surface area is 168 Å². The van der Waals surface area contributed by atoms with Crippen molar-refractivity contribution in [2.45, 2.75) is 33.6 Å². The SMILES string of the molecule is CCCCNC(=O)c1nc(C(=O)Nc2c(C)cc(C)cc2Cl)c2ccccn12. The molecule has 2 N–H and O–H groups in total. The van der Waals surface area contributed by atoms with E-state index in [9.17, 15) is 9.59 Å². The van der Waals surface area contributed by atoms with Crippen LogP contribution in [0.2, 0.25) is 5.02 Å². The summed E-state index contributed by atoms with van der Waals surface area (Å²) in [6, 6.07) is 9.09. The van der Waals surface area contributed by atoms with Crippen molar-refractivity contribution in [2.24, 2.45) is 0 Å². The highest BCUT2D eigenvalue weighted by Crippen LogP contribution is 2.28. The fourth-order valence-corrected chi connectivity index (χ4v) is 3.44. The van der Waals surface area contributed by atoms with E-state index in [-0.39, 0.29) is 17.4 Å². The lowest BCUT2D eigenvalue weighted by atomic mass is 10.1. The Hall–Kier alpha value is -2.86. The molecule has 0 spiro atoms. The molecule has 0 unspecified atom stereocenters. The van der Waals surface area contributed by atoms with Gasteiger partial charge in [0.2, 0.25) is 5.82 Å². The molecule has 1 aromatic carbocycles. The summed E-state index contributed by atoms with van der Waals surface area (Å²) in [4.78, 5) is 29.8. The summed E-state index contributed by atoms with van der Waals surface area (Å²) in [6.45, 7) is 6.44. The molecule has 0 fully saturated rings. The molecule has 0 bridgehead atoms. The number of hydrogen-bond donors (Lipinski definition) is 2. The third-order valence-electron chi connectivity index (χ3n) is 4.45. The highest BCUT2D eigenvalue weighted by atomic mass is 35.5. The van der Waals surface area contributed by atoms with Gasteiger partial charge in [0.25, 0.3) is 11.8 Å². The largest absolute Gasteiger partial charge is 0.349 e. The van der Waals surface area contributed by atoms with Crippen LogP contribution in [-0.4, -0.2) is 27.7 Å². The first-order valence-corrected chi connectivity index (χ1v) is 9.63. The van der Waals surface area contributed by atoms with Crippen molar-refractivity contribution in [3.8, 4) is 0 Å². The van der Waals surface area contributed by atoms with Gasteiger partial charge in [-0.25, -0.2) is 4.98 Å². The molecule has 0 aliphatic rings. The first kappa shape index (κ1) is 19.9. The lowest BCUT2D eigenvalue weighted by Crippen LogP contribution is -2.26. The minimum absolute atomic E-state index is 0.178. The Morgan fingerprint density at radius 3 is 2.68 bits per heavy atom. The number of aromatic nitrogens is 2. The minimum Gasteiger partial charge on any atom is -0.349 e. The number of rotatable bonds is 6. The average molecular weight is 399 g/mol. The fourth-order valence-electron chi connectivity index (χ4n) is 3.07. The number of unbranched alkanes of at least 4 members (excludes halogenated alkanes) is 1. The van der Waals surface area contributed by atoms with Crippen molar-refractivity contribution in [1.82, 2.24) is 14.7 Å². The number of pyridine rings is 1. The normalized spacial score (nSPS) is 10.9. The Morgan fingerprint density at radius 1 is 1.18 bits per heavy atom. The van der Waals surface area contributed by atoms with E-state index in [0.29, 0.717) is 22.8 Å². The molecule has 6 nitrogen and oxygen atoms in total. The molecule has 7 heteroatoms. The third-order valence-corrected chi connectivity index (χ3v) is 4.75. The molecule has 28 heavy (non-hydrogen) atoms. The summed E-state index contributed by atoms with van der Waals surface area (Å²) in [7, 11) is 0. The van der Waals surface area contributed by atoms with Crippen LogP contribution in [0.15, 0.2) is 36.5 Å². The molecule has 0 aliphatic heterocycles. The van der Waals surface area contributed by atoms with Crippen molar-refractivity contribution in [2.75, 3.05) is 11.9 Å². The van der Waals surface area contributed by atoms with Crippen LogP contribution in [-0.2, 0) is 0 Å². The number of aryl methyl sites for hydroxylation is 2. The van der Waals surface area contributed by atoms with E-state index in [0.717, 1.165) is 24.0 Å². The quantitative estimate of drug-likeness (QED) is 0.605. The lowest BCUT2D eigenvalue weighted by molar-refractivity contribution is 0.0942. The molecule has 0 aliphatic carbocycles. The Morgan fingerprint density at radius 2 is 1.96 bits per heavy atom. The fraction of sp³-hybridized carbons (Fsp3) is 0.286. The third kappa shape index (κ3) is 4.02. The van der Waals surface area contributed by atoms with E-state index in [1.807, 2.05) is 19.9 Å². The van der Waals surface area contributed by atoms with Crippen LogP contribution in [0.5, 0.6) is 0 Å². The van der Waals surface area contributed by atoms with Gasteiger partial charge < -0.3 is 10.6 Å². The van der Waals surface area contributed by atoms with Crippen LogP contribution in [0.3, 0.4) is 0 Å². The average Bonchev–Trinajstić information content (AvgIpc) is 3.04. The summed E-state index contributed by atoms with van der Waals surface area (Å²) >= 11 is 6.31. The number of fused-ring (bicyclic) bond motifs is 1. The molecule has 0 saturated heterocycles. The summed E-state index contributed by atoms with van der Waals surface area (Å²) in [5, 5.41) is 6.15. The van der Waals surface area contributed by atoms with E-state index in [1.54, 1.807) is 34.9 Å². The van der Waals surface area contributed by atoms with Gasteiger partial charge in [0.1, 0.15) is 0 Å². The number of nitrogens with zero attached hydrogens (tertiary/aromatic N) is 2. The maximum absolute atomic E-state index is 12.9. The summed E-state index contributed by atoms with van der Waals surface area (Å²) in [6.07, 6.45) is 3.58. The van der Waals surface area contributed by atoms with E-state index >= 15 is 0 Å². The molecule has 0 saturated carbocycles. The van der Waals surface area contributed by atoms with Gasteiger partial charge in [-0.05, 0) is 49.6 Å². The molecule has 3 aromatic rings. The maximum Gasteiger partial charge on any atom is 0.287 e. The number of benzene rings is 1. The number of halogens is 1. The number of carbonyl (C=O) groups excluding carboxylic acids is 2. The van der Waals surface area contributed by atoms with Crippen LogP contribution >= 0.6 is 11.6 Å². The standard InChI is InChI=1S/C21H23ClN4O2/c1-4-5-9-23-21(28)19-24-18(16-8-6-7-10-26(16)19)20(27)25-17-14(3)11-13(2)12-15(17)22/h6-8,10-12H,4-5,9H2,1-3H3,(H,23,28)(H,25,27). The summed E-state index contributed by atoms with van der Waals surface area (Å²) in [5.74, 6) is -0.535. The van der Waals surface area contributed by atoms with Gasteiger partial charge in [0, 0.05) is 12.7 Å². The first-order valence-electron chi connectivity index (χ1n) is 9.25. The predicted octanol–water partition coefficient (Wildman–Crippen LogP) is 4.39. The monoisotopic (exact) mass is 398 g/mol. The second kappa shape index (κ2) is 8.44. The van der Waals surface area contributed by atoms with E-state index in [2.05, 4.69) is 22.5 Å².